The van der Waals surface area contributed by atoms with Gasteiger partial charge in [-0.05, 0) is 84.0 Å². The van der Waals surface area contributed by atoms with Gasteiger partial charge in [0.2, 0.25) is 0 Å². The van der Waals surface area contributed by atoms with Crippen molar-refractivity contribution in [3.05, 3.63) is 58.3 Å². The smallest absolute Gasteiger partial charge is 0.0474 e. The summed E-state index contributed by atoms with van der Waals surface area (Å²) in [5, 5.41) is 7.53. The van der Waals surface area contributed by atoms with E-state index in [1.54, 1.807) is 11.1 Å². The average molecular weight is 691 g/mol. The summed E-state index contributed by atoms with van der Waals surface area (Å²) in [4.78, 5) is 5.95. The van der Waals surface area contributed by atoms with Crippen LogP contribution in [0.25, 0.3) is 39.7 Å². The largest absolute Gasteiger partial charge is 0.143 e. The molecule has 4 heteroatoms. The Bertz CT molecular complexity index is 1430. The van der Waals surface area contributed by atoms with Gasteiger partial charge in [-0.1, -0.05) is 129 Å². The third-order valence-electron chi connectivity index (χ3n) is 9.74. The molecule has 0 atom stereocenters. The van der Waals surface area contributed by atoms with Gasteiger partial charge in [0, 0.05) is 39.7 Å². The van der Waals surface area contributed by atoms with E-state index in [-0.39, 0.29) is 0 Å². The van der Waals surface area contributed by atoms with Crippen molar-refractivity contribution in [2.24, 2.45) is 0 Å². The Balaban J connectivity index is 1.13. The molecule has 0 saturated carbocycles. The topological polar surface area (TPSA) is 0 Å². The van der Waals surface area contributed by atoms with Crippen molar-refractivity contribution in [2.45, 2.75) is 155 Å². The molecule has 0 spiro atoms. The number of hydrogen-bond donors (Lipinski definition) is 0. The molecule has 0 fully saturated rings. The molecule has 0 nitrogen and oxygen atoms in total. The molecule has 0 aliphatic heterocycles. The molecule has 4 aromatic heterocycles. The molecule has 0 N–H and O–H groups in total. The van der Waals surface area contributed by atoms with Crippen LogP contribution in [0.1, 0.15) is 153 Å². The van der Waals surface area contributed by atoms with Crippen LogP contribution in [0.2, 0.25) is 0 Å². The number of unbranched alkanes of at least 4 members (excludes halogenated alkanes) is 18. The second-order valence-corrected chi connectivity index (χ2v) is 17.5. The van der Waals surface area contributed by atoms with E-state index in [4.69, 9.17) is 0 Å². The van der Waals surface area contributed by atoms with Crippen LogP contribution in [0.3, 0.4) is 0 Å². The molecule has 0 amide bonds. The lowest BCUT2D eigenvalue weighted by atomic mass is 10.0. The molecule has 0 aliphatic rings. The predicted octanol–water partition coefficient (Wildman–Crippen LogP) is 16.5. The van der Waals surface area contributed by atoms with Crippen molar-refractivity contribution in [2.75, 3.05) is 0 Å². The highest BCUT2D eigenvalue weighted by Gasteiger charge is 2.16. The van der Waals surface area contributed by atoms with Gasteiger partial charge in [0.1, 0.15) is 0 Å². The zero-order chi connectivity index (χ0) is 31.8. The van der Waals surface area contributed by atoms with E-state index in [1.807, 2.05) is 45.3 Å². The highest BCUT2D eigenvalue weighted by Crippen LogP contribution is 2.45. The zero-order valence-corrected chi connectivity index (χ0v) is 32.1. The molecule has 46 heavy (non-hydrogen) atoms. The van der Waals surface area contributed by atoms with E-state index in [2.05, 4.69) is 61.0 Å². The Morgan fingerprint density at radius 2 is 0.761 bits per heavy atom. The minimum Gasteiger partial charge on any atom is -0.143 e. The Morgan fingerprint density at radius 3 is 1.13 bits per heavy atom. The summed E-state index contributed by atoms with van der Waals surface area (Å²) in [5.74, 6) is 0. The summed E-state index contributed by atoms with van der Waals surface area (Å²) < 4.78 is 2.86. The Labute approximate surface area is 296 Å². The van der Waals surface area contributed by atoms with E-state index in [0.717, 1.165) is 0 Å². The number of fused-ring (bicyclic) bond motifs is 3. The maximum atomic E-state index is 2.51. The van der Waals surface area contributed by atoms with Crippen molar-refractivity contribution in [1.29, 1.82) is 0 Å². The van der Waals surface area contributed by atoms with Gasteiger partial charge in [-0.15, -0.1) is 45.3 Å². The second-order valence-electron chi connectivity index (χ2n) is 13.5. The molecule has 250 valence electrons. The Morgan fingerprint density at radius 1 is 0.413 bits per heavy atom. The predicted molar refractivity (Wildman–Crippen MR) is 215 cm³/mol. The van der Waals surface area contributed by atoms with Gasteiger partial charge in [0.15, 0.2) is 0 Å². The van der Waals surface area contributed by atoms with E-state index >= 15 is 0 Å². The van der Waals surface area contributed by atoms with E-state index in [9.17, 15) is 0 Å². The molecule has 0 bridgehead atoms. The monoisotopic (exact) mass is 690 g/mol. The Kier molecular flexibility index (Phi) is 15.7. The first-order valence-corrected chi connectivity index (χ1v) is 22.3. The number of aryl methyl sites for hydroxylation is 2. The van der Waals surface area contributed by atoms with Gasteiger partial charge in [0.05, 0.1) is 0 Å². The minimum atomic E-state index is 1.22. The maximum absolute atomic E-state index is 2.51. The molecular formula is C42H58S4. The summed E-state index contributed by atoms with van der Waals surface area (Å²) in [6.45, 7) is 4.61. The lowest BCUT2D eigenvalue weighted by Crippen LogP contribution is -1.86. The number of benzene rings is 1. The molecule has 0 aliphatic carbocycles. The van der Waals surface area contributed by atoms with Crippen molar-refractivity contribution >= 4 is 65.5 Å². The van der Waals surface area contributed by atoms with Crippen LogP contribution < -0.4 is 0 Å². The molecule has 4 heterocycles. The second kappa shape index (κ2) is 20.1. The van der Waals surface area contributed by atoms with E-state index < -0.39 is 0 Å². The van der Waals surface area contributed by atoms with Gasteiger partial charge >= 0.3 is 0 Å². The lowest BCUT2D eigenvalue weighted by Gasteiger charge is -2.04. The summed E-state index contributed by atoms with van der Waals surface area (Å²) in [7, 11) is 0. The summed E-state index contributed by atoms with van der Waals surface area (Å²) >= 11 is 7.87. The quantitative estimate of drug-likeness (QED) is 0.0565. The molecule has 0 saturated heterocycles. The van der Waals surface area contributed by atoms with Crippen molar-refractivity contribution in [3.8, 4) is 19.5 Å². The van der Waals surface area contributed by atoms with Crippen LogP contribution in [-0.4, -0.2) is 0 Å². The Hall–Kier alpha value is -1.46. The molecule has 5 aromatic rings. The van der Waals surface area contributed by atoms with Crippen LogP contribution in [-0.2, 0) is 12.8 Å². The number of rotatable bonds is 24. The highest BCUT2D eigenvalue weighted by atomic mass is 32.1. The molecule has 0 radical (unpaired) electrons. The third-order valence-corrected chi connectivity index (χ3v) is 14.2. The van der Waals surface area contributed by atoms with Crippen LogP contribution in [0.4, 0.5) is 0 Å². The summed E-state index contributed by atoms with van der Waals surface area (Å²) in [5.41, 5.74) is 3.13. The van der Waals surface area contributed by atoms with Crippen LogP contribution in [0.15, 0.2) is 47.2 Å². The number of hydrogen-bond acceptors (Lipinski definition) is 4. The van der Waals surface area contributed by atoms with Gasteiger partial charge < -0.3 is 0 Å². The van der Waals surface area contributed by atoms with Crippen LogP contribution in [0, 0.1) is 0 Å². The van der Waals surface area contributed by atoms with Gasteiger partial charge in [-0.2, -0.15) is 0 Å². The fourth-order valence-corrected chi connectivity index (χ4v) is 11.3. The number of thiophene rings is 4. The molecule has 0 unspecified atom stereocenters. The van der Waals surface area contributed by atoms with Crippen molar-refractivity contribution < 1.29 is 0 Å². The molecule has 1 aromatic carbocycles. The van der Waals surface area contributed by atoms with E-state index in [1.165, 1.54) is 181 Å². The first kappa shape index (κ1) is 35.8. The maximum Gasteiger partial charge on any atom is 0.0474 e. The SMILES string of the molecule is CCCCCCCCCCCCc1ccsc1-c1cc2c(ccc3sc(-c4sccc4CCCCCCCCCCCC)cc32)s1. The normalized spacial score (nSPS) is 11.9. The summed E-state index contributed by atoms with van der Waals surface area (Å²) in [6, 6.07) is 14.5. The first-order chi connectivity index (χ1) is 22.8. The fraction of sp³-hybridized carbons (Fsp3) is 0.571. The average Bonchev–Trinajstić information content (AvgIpc) is 3.88. The standard InChI is InChI=1S/C42H58S4/c1-3-5-7-9-11-13-15-17-19-21-23-33-27-29-43-41(33)39-31-35-36-32-40(46-38(36)26-25-37(35)45-39)42-34(28-30-44-42)24-22-20-18-16-14-12-10-8-6-4-2/h25-32H,3-24H2,1-2H3. The molecular weight excluding hydrogens is 633 g/mol. The summed E-state index contributed by atoms with van der Waals surface area (Å²) in [6.07, 6.45) is 30.5. The molecule has 5 rings (SSSR count). The van der Waals surface area contributed by atoms with Crippen molar-refractivity contribution in [3.63, 3.8) is 0 Å². The lowest BCUT2D eigenvalue weighted by molar-refractivity contribution is 0.556. The van der Waals surface area contributed by atoms with Crippen molar-refractivity contribution in [1.82, 2.24) is 0 Å². The zero-order valence-electron chi connectivity index (χ0n) is 28.8. The minimum absolute atomic E-state index is 1.22. The van der Waals surface area contributed by atoms with Gasteiger partial charge in [-0.3, -0.25) is 0 Å². The highest BCUT2D eigenvalue weighted by molar-refractivity contribution is 7.27. The first-order valence-electron chi connectivity index (χ1n) is 18.9. The van der Waals surface area contributed by atoms with Crippen LogP contribution >= 0.6 is 45.3 Å². The fourth-order valence-electron chi connectivity index (χ4n) is 6.96. The van der Waals surface area contributed by atoms with Crippen LogP contribution in [0.5, 0.6) is 0 Å². The van der Waals surface area contributed by atoms with Gasteiger partial charge in [0.25, 0.3) is 0 Å². The van der Waals surface area contributed by atoms with Gasteiger partial charge in [-0.25, -0.2) is 0 Å². The van der Waals surface area contributed by atoms with E-state index in [0.29, 0.717) is 0 Å². The third kappa shape index (κ3) is 10.5.